The molecule has 0 bridgehead atoms. The van der Waals surface area contributed by atoms with Gasteiger partial charge in [0.25, 0.3) is 0 Å². The Kier molecular flexibility index (Phi) is 7.69. The second-order valence-electron chi connectivity index (χ2n) is 6.15. The summed E-state index contributed by atoms with van der Waals surface area (Å²) in [5.41, 5.74) is 1.43. The van der Waals surface area contributed by atoms with Gasteiger partial charge in [-0.3, -0.25) is 9.10 Å². The fourth-order valence-electron chi connectivity index (χ4n) is 2.62. The number of amides is 1. The molecule has 0 saturated heterocycles. The van der Waals surface area contributed by atoms with Gasteiger partial charge in [0.05, 0.1) is 25.7 Å². The molecule has 1 N–H and O–H groups in total. The highest BCUT2D eigenvalue weighted by Gasteiger charge is 2.21. The van der Waals surface area contributed by atoms with Crippen LogP contribution in [0.15, 0.2) is 48.5 Å². The van der Waals surface area contributed by atoms with Crippen molar-refractivity contribution in [1.82, 2.24) is 5.32 Å². The predicted molar refractivity (Wildman–Crippen MR) is 110 cm³/mol. The Bertz CT molecular complexity index is 882. The van der Waals surface area contributed by atoms with E-state index in [9.17, 15) is 13.2 Å². The third kappa shape index (κ3) is 6.45. The Morgan fingerprint density at radius 2 is 1.82 bits per heavy atom. The molecule has 0 aliphatic carbocycles. The van der Waals surface area contributed by atoms with Crippen LogP contribution in [0.1, 0.15) is 12.5 Å². The molecule has 2 aromatic carbocycles. The molecule has 2 aromatic rings. The topological polar surface area (TPSA) is 84.9 Å². The van der Waals surface area contributed by atoms with Crippen LogP contribution >= 0.6 is 0 Å². The average Bonchev–Trinajstić information content (AvgIpc) is 2.66. The molecule has 28 heavy (non-hydrogen) atoms. The monoisotopic (exact) mass is 406 g/mol. The van der Waals surface area contributed by atoms with E-state index in [1.165, 1.54) is 0 Å². The zero-order valence-electron chi connectivity index (χ0n) is 16.3. The van der Waals surface area contributed by atoms with E-state index in [1.807, 2.05) is 31.2 Å². The fourth-order valence-corrected chi connectivity index (χ4v) is 3.47. The summed E-state index contributed by atoms with van der Waals surface area (Å²) in [6, 6.07) is 14.2. The van der Waals surface area contributed by atoms with Crippen molar-refractivity contribution in [1.29, 1.82) is 0 Å². The molecule has 0 aliphatic rings. The summed E-state index contributed by atoms with van der Waals surface area (Å²) in [4.78, 5) is 12.3. The normalized spacial score (nSPS) is 11.0. The zero-order chi connectivity index (χ0) is 20.6. The molecule has 0 aromatic heterocycles. The van der Waals surface area contributed by atoms with Gasteiger partial charge in [-0.15, -0.1) is 0 Å². The SMILES string of the molecule is CCOc1cccc(N(CC(=O)NCCc2ccc(OC)cc2)S(C)(=O)=O)c1. The Labute approximate surface area is 166 Å². The van der Waals surface area contributed by atoms with E-state index in [0.29, 0.717) is 31.0 Å². The van der Waals surface area contributed by atoms with E-state index in [1.54, 1.807) is 31.4 Å². The van der Waals surface area contributed by atoms with Gasteiger partial charge in [-0.05, 0) is 43.2 Å². The third-order valence-electron chi connectivity index (χ3n) is 4.00. The Hall–Kier alpha value is -2.74. The van der Waals surface area contributed by atoms with E-state index < -0.39 is 10.0 Å². The van der Waals surface area contributed by atoms with Gasteiger partial charge in [-0.1, -0.05) is 18.2 Å². The number of hydrogen-bond acceptors (Lipinski definition) is 5. The number of anilines is 1. The number of nitrogens with one attached hydrogen (secondary N) is 1. The van der Waals surface area contributed by atoms with Crippen molar-refractivity contribution in [2.45, 2.75) is 13.3 Å². The summed E-state index contributed by atoms with van der Waals surface area (Å²) in [6.45, 7) is 2.42. The van der Waals surface area contributed by atoms with Crippen LogP contribution in [-0.2, 0) is 21.2 Å². The van der Waals surface area contributed by atoms with Crippen LogP contribution in [0, 0.1) is 0 Å². The van der Waals surface area contributed by atoms with E-state index in [0.717, 1.165) is 21.9 Å². The number of rotatable bonds is 10. The lowest BCUT2D eigenvalue weighted by molar-refractivity contribution is -0.119. The molecular weight excluding hydrogens is 380 g/mol. The summed E-state index contributed by atoms with van der Waals surface area (Å²) < 4.78 is 36.0. The Morgan fingerprint density at radius 3 is 2.43 bits per heavy atom. The van der Waals surface area contributed by atoms with Crippen LogP contribution in [-0.4, -0.2) is 47.4 Å². The van der Waals surface area contributed by atoms with Gasteiger partial charge < -0.3 is 14.8 Å². The van der Waals surface area contributed by atoms with E-state index >= 15 is 0 Å². The first-order valence-electron chi connectivity index (χ1n) is 8.93. The van der Waals surface area contributed by atoms with Crippen LogP contribution in [0.2, 0.25) is 0 Å². The predicted octanol–water partition coefficient (Wildman–Crippen LogP) is 2.22. The number of benzene rings is 2. The standard InChI is InChI=1S/C20H26N2O5S/c1-4-27-19-7-5-6-17(14-19)22(28(3,24)25)15-20(23)21-13-12-16-8-10-18(26-2)11-9-16/h5-11,14H,4,12-13,15H2,1-3H3,(H,21,23). The van der Waals surface area contributed by atoms with Crippen LogP contribution in [0.4, 0.5) is 5.69 Å². The van der Waals surface area contributed by atoms with Gasteiger partial charge in [-0.2, -0.15) is 0 Å². The van der Waals surface area contributed by atoms with Gasteiger partial charge in [-0.25, -0.2) is 8.42 Å². The van der Waals surface area contributed by atoms with Gasteiger partial charge in [0.1, 0.15) is 18.0 Å². The van der Waals surface area contributed by atoms with Crippen molar-refractivity contribution in [3.05, 3.63) is 54.1 Å². The lowest BCUT2D eigenvalue weighted by Gasteiger charge is -2.22. The zero-order valence-corrected chi connectivity index (χ0v) is 17.2. The molecule has 0 radical (unpaired) electrons. The summed E-state index contributed by atoms with van der Waals surface area (Å²) in [7, 11) is -2.02. The van der Waals surface area contributed by atoms with Crippen LogP contribution in [0.3, 0.4) is 0 Å². The maximum atomic E-state index is 12.3. The van der Waals surface area contributed by atoms with Crippen molar-refractivity contribution >= 4 is 21.6 Å². The van der Waals surface area contributed by atoms with E-state index in [-0.39, 0.29) is 12.5 Å². The first-order valence-corrected chi connectivity index (χ1v) is 10.8. The number of ether oxygens (including phenoxy) is 2. The summed E-state index contributed by atoms with van der Waals surface area (Å²) >= 11 is 0. The average molecular weight is 407 g/mol. The van der Waals surface area contributed by atoms with E-state index in [2.05, 4.69) is 5.32 Å². The van der Waals surface area contributed by atoms with Crippen molar-refractivity contribution in [3.63, 3.8) is 0 Å². The first-order chi connectivity index (χ1) is 13.3. The second-order valence-corrected chi connectivity index (χ2v) is 8.05. The smallest absolute Gasteiger partial charge is 0.240 e. The molecule has 0 fully saturated rings. The summed E-state index contributed by atoms with van der Waals surface area (Å²) in [5, 5.41) is 2.76. The highest BCUT2D eigenvalue weighted by molar-refractivity contribution is 7.92. The second kappa shape index (κ2) is 9.98. The molecule has 1 amide bonds. The molecule has 7 nitrogen and oxygen atoms in total. The molecule has 2 rings (SSSR count). The largest absolute Gasteiger partial charge is 0.497 e. The number of carbonyl (C=O) groups excluding carboxylic acids is 1. The van der Waals surface area contributed by atoms with Gasteiger partial charge in [0.2, 0.25) is 15.9 Å². The first kappa shape index (κ1) is 21.6. The minimum absolute atomic E-state index is 0.295. The molecule has 152 valence electrons. The molecule has 0 heterocycles. The molecular formula is C20H26N2O5S. The molecule has 0 atom stereocenters. The molecule has 8 heteroatoms. The number of hydrogen-bond donors (Lipinski definition) is 1. The third-order valence-corrected chi connectivity index (χ3v) is 5.14. The maximum Gasteiger partial charge on any atom is 0.240 e. The van der Waals surface area contributed by atoms with Crippen LogP contribution in [0.5, 0.6) is 11.5 Å². The van der Waals surface area contributed by atoms with Crippen LogP contribution < -0.4 is 19.1 Å². The maximum absolute atomic E-state index is 12.3. The highest BCUT2D eigenvalue weighted by atomic mass is 32.2. The van der Waals surface area contributed by atoms with Crippen LogP contribution in [0.25, 0.3) is 0 Å². The number of carbonyl (C=O) groups is 1. The number of nitrogens with zero attached hydrogens (tertiary/aromatic N) is 1. The summed E-state index contributed by atoms with van der Waals surface area (Å²) in [5.74, 6) is 0.945. The lowest BCUT2D eigenvalue weighted by atomic mass is 10.1. The number of methoxy groups -OCH3 is 1. The highest BCUT2D eigenvalue weighted by Crippen LogP contribution is 2.23. The fraction of sp³-hybridized carbons (Fsp3) is 0.350. The van der Waals surface area contributed by atoms with Crippen molar-refractivity contribution in [2.75, 3.05) is 37.4 Å². The Morgan fingerprint density at radius 1 is 1.11 bits per heavy atom. The molecule has 0 spiro atoms. The van der Waals surface area contributed by atoms with Gasteiger partial charge >= 0.3 is 0 Å². The minimum atomic E-state index is -3.63. The number of sulfonamides is 1. The Balaban J connectivity index is 1.98. The molecule has 0 aliphatic heterocycles. The van der Waals surface area contributed by atoms with Crippen molar-refractivity contribution < 1.29 is 22.7 Å². The molecule has 0 saturated carbocycles. The quantitative estimate of drug-likeness (QED) is 0.654. The van der Waals surface area contributed by atoms with Gasteiger partial charge in [0, 0.05) is 12.6 Å². The molecule has 0 unspecified atom stereocenters. The van der Waals surface area contributed by atoms with Crippen molar-refractivity contribution in [3.8, 4) is 11.5 Å². The van der Waals surface area contributed by atoms with E-state index in [4.69, 9.17) is 9.47 Å². The van der Waals surface area contributed by atoms with Gasteiger partial charge in [0.15, 0.2) is 0 Å². The lowest BCUT2D eigenvalue weighted by Crippen LogP contribution is -2.40. The summed E-state index contributed by atoms with van der Waals surface area (Å²) in [6.07, 6.45) is 1.71. The van der Waals surface area contributed by atoms with Crippen molar-refractivity contribution in [2.24, 2.45) is 0 Å². The minimum Gasteiger partial charge on any atom is -0.497 e.